The molecule has 2 aliphatic rings. The molecule has 0 spiro atoms. The maximum absolute atomic E-state index is 14.1. The van der Waals surface area contributed by atoms with Gasteiger partial charge in [-0.15, -0.1) is 11.3 Å². The summed E-state index contributed by atoms with van der Waals surface area (Å²) >= 11 is 1.67. The van der Waals surface area contributed by atoms with E-state index in [1.807, 2.05) is 17.5 Å². The second-order valence-corrected chi connectivity index (χ2v) is 10.6. The third-order valence-electron chi connectivity index (χ3n) is 7.16. The van der Waals surface area contributed by atoms with Gasteiger partial charge in [0.25, 0.3) is 5.91 Å². The van der Waals surface area contributed by atoms with E-state index in [9.17, 15) is 27.2 Å². The fourth-order valence-electron chi connectivity index (χ4n) is 5.23. The van der Waals surface area contributed by atoms with Gasteiger partial charge in [0.05, 0.1) is 18.2 Å². The maximum Gasteiger partial charge on any atom is 0.416 e. The number of nitrogens with zero attached hydrogens (tertiary/aromatic N) is 3. The van der Waals surface area contributed by atoms with E-state index in [-0.39, 0.29) is 35.8 Å². The predicted molar refractivity (Wildman–Crippen MR) is 136 cm³/mol. The van der Waals surface area contributed by atoms with Crippen molar-refractivity contribution < 1.29 is 27.2 Å². The standard InChI is InChI=1S/C28H27F4N3O2S/c29-22-4-1-3-20(17-22)26-23-10-16-38-24(23)9-13-35(26)18-25(36)33-11-2-12-34(15-14-33)27(37)19-5-7-21(8-6-19)28(30,31)32/h1,3-8,10,16-17,26H,2,9,11-15,18H2. The van der Waals surface area contributed by atoms with Crippen LogP contribution in [0.3, 0.4) is 0 Å². The Hall–Kier alpha value is -3.24. The lowest BCUT2D eigenvalue weighted by Crippen LogP contribution is -2.45. The lowest BCUT2D eigenvalue weighted by atomic mass is 9.93. The van der Waals surface area contributed by atoms with Crippen LogP contribution in [-0.4, -0.2) is 65.8 Å². The van der Waals surface area contributed by atoms with Crippen molar-refractivity contribution in [2.45, 2.75) is 25.1 Å². The molecule has 1 fully saturated rings. The van der Waals surface area contributed by atoms with E-state index < -0.39 is 11.7 Å². The van der Waals surface area contributed by atoms with Crippen LogP contribution in [0.4, 0.5) is 17.6 Å². The first-order chi connectivity index (χ1) is 18.2. The van der Waals surface area contributed by atoms with Crippen molar-refractivity contribution in [3.63, 3.8) is 0 Å². The molecule has 5 nitrogen and oxygen atoms in total. The van der Waals surface area contributed by atoms with Crippen LogP contribution in [0.2, 0.25) is 0 Å². The van der Waals surface area contributed by atoms with E-state index in [4.69, 9.17) is 0 Å². The van der Waals surface area contributed by atoms with Gasteiger partial charge in [0.2, 0.25) is 5.91 Å². The van der Waals surface area contributed by atoms with Gasteiger partial charge >= 0.3 is 6.18 Å². The first-order valence-corrected chi connectivity index (χ1v) is 13.4. The molecule has 1 saturated heterocycles. The molecule has 0 bridgehead atoms. The molecule has 2 aliphatic heterocycles. The number of carbonyl (C=O) groups is 2. The average molecular weight is 546 g/mol. The molecular weight excluding hydrogens is 518 g/mol. The summed E-state index contributed by atoms with van der Waals surface area (Å²) in [7, 11) is 0. The molecule has 3 heterocycles. The Morgan fingerprint density at radius 2 is 1.66 bits per heavy atom. The predicted octanol–water partition coefficient (Wildman–Crippen LogP) is 5.23. The summed E-state index contributed by atoms with van der Waals surface area (Å²) in [6.45, 7) is 2.38. The highest BCUT2D eigenvalue weighted by atomic mass is 32.1. The third-order valence-corrected chi connectivity index (χ3v) is 8.16. The van der Waals surface area contributed by atoms with E-state index >= 15 is 0 Å². The summed E-state index contributed by atoms with van der Waals surface area (Å²) in [6.07, 6.45) is -3.07. The van der Waals surface area contributed by atoms with Crippen LogP contribution in [0, 0.1) is 5.82 Å². The maximum atomic E-state index is 14.1. The number of carbonyl (C=O) groups excluding carboxylic acids is 2. The minimum absolute atomic E-state index is 0.0612. The lowest BCUT2D eigenvalue weighted by molar-refractivity contribution is -0.137. The number of benzene rings is 2. The largest absolute Gasteiger partial charge is 0.416 e. The van der Waals surface area contributed by atoms with Crippen molar-refractivity contribution in [3.8, 4) is 0 Å². The zero-order valence-electron chi connectivity index (χ0n) is 20.6. The number of alkyl halides is 3. The molecule has 0 saturated carbocycles. The summed E-state index contributed by atoms with van der Waals surface area (Å²) in [4.78, 5) is 33.0. The van der Waals surface area contributed by atoms with Gasteiger partial charge in [0.1, 0.15) is 5.82 Å². The zero-order valence-corrected chi connectivity index (χ0v) is 21.4. The smallest absolute Gasteiger partial charge is 0.340 e. The van der Waals surface area contributed by atoms with Crippen molar-refractivity contribution in [2.75, 3.05) is 39.3 Å². The van der Waals surface area contributed by atoms with Gasteiger partial charge < -0.3 is 9.80 Å². The molecule has 5 rings (SSSR count). The molecule has 2 aromatic carbocycles. The van der Waals surface area contributed by atoms with Gasteiger partial charge in [-0.25, -0.2) is 4.39 Å². The molecule has 0 aliphatic carbocycles. The highest BCUT2D eigenvalue weighted by molar-refractivity contribution is 7.10. The topological polar surface area (TPSA) is 43.9 Å². The highest BCUT2D eigenvalue weighted by Crippen LogP contribution is 2.38. The van der Waals surface area contributed by atoms with E-state index in [1.165, 1.54) is 29.1 Å². The fraction of sp³-hybridized carbons (Fsp3) is 0.357. The summed E-state index contributed by atoms with van der Waals surface area (Å²) in [5, 5.41) is 2.03. The number of halogens is 4. The molecular formula is C28H27F4N3O2S. The average Bonchev–Trinajstić information content (AvgIpc) is 3.23. The first kappa shape index (κ1) is 26.4. The van der Waals surface area contributed by atoms with E-state index in [2.05, 4.69) is 4.90 Å². The molecule has 2 amide bonds. The molecule has 0 radical (unpaired) electrons. The van der Waals surface area contributed by atoms with Gasteiger partial charge in [0, 0.05) is 43.2 Å². The van der Waals surface area contributed by atoms with Crippen molar-refractivity contribution in [3.05, 3.63) is 92.9 Å². The quantitative estimate of drug-likeness (QED) is 0.422. The van der Waals surface area contributed by atoms with Crippen LogP contribution in [0.5, 0.6) is 0 Å². The summed E-state index contributed by atoms with van der Waals surface area (Å²) < 4.78 is 52.6. The second kappa shape index (κ2) is 10.9. The monoisotopic (exact) mass is 545 g/mol. The number of hydrogen-bond donors (Lipinski definition) is 0. The van der Waals surface area contributed by atoms with Gasteiger partial charge in [-0.1, -0.05) is 12.1 Å². The van der Waals surface area contributed by atoms with Gasteiger partial charge in [-0.05, 0) is 71.8 Å². The highest BCUT2D eigenvalue weighted by Gasteiger charge is 2.33. The van der Waals surface area contributed by atoms with Gasteiger partial charge in [-0.3, -0.25) is 14.5 Å². The summed E-state index contributed by atoms with van der Waals surface area (Å²) in [6, 6.07) is 12.5. The third kappa shape index (κ3) is 5.61. The molecule has 1 aromatic heterocycles. The number of fused-ring (bicyclic) bond motifs is 1. The normalized spacial score (nSPS) is 18.7. The summed E-state index contributed by atoms with van der Waals surface area (Å²) in [5.41, 5.74) is 1.30. The Bertz CT molecular complexity index is 1310. The Kier molecular flexibility index (Phi) is 7.54. The molecule has 1 atom stereocenters. The number of hydrogen-bond acceptors (Lipinski definition) is 4. The van der Waals surface area contributed by atoms with Crippen LogP contribution in [0.15, 0.2) is 60.0 Å². The second-order valence-electron chi connectivity index (χ2n) is 9.58. The minimum Gasteiger partial charge on any atom is -0.340 e. The molecule has 200 valence electrons. The van der Waals surface area contributed by atoms with Crippen molar-refractivity contribution in [1.82, 2.24) is 14.7 Å². The lowest BCUT2D eigenvalue weighted by Gasteiger charge is -2.37. The molecule has 0 N–H and O–H groups in total. The molecule has 10 heteroatoms. The first-order valence-electron chi connectivity index (χ1n) is 12.5. The Morgan fingerprint density at radius 1 is 0.921 bits per heavy atom. The Morgan fingerprint density at radius 3 is 2.39 bits per heavy atom. The van der Waals surface area contributed by atoms with Gasteiger partial charge in [-0.2, -0.15) is 13.2 Å². The van der Waals surface area contributed by atoms with Crippen LogP contribution in [0.1, 0.15) is 44.4 Å². The summed E-state index contributed by atoms with van der Waals surface area (Å²) in [5.74, 6) is -0.726. The minimum atomic E-state index is -4.46. The SMILES string of the molecule is O=C(CN1CCc2sccc2C1c1cccc(F)c1)N1CCCN(C(=O)c2ccc(C(F)(F)F)cc2)CC1. The number of thiophene rings is 1. The van der Waals surface area contributed by atoms with Crippen molar-refractivity contribution in [2.24, 2.45) is 0 Å². The van der Waals surface area contributed by atoms with Crippen LogP contribution in [-0.2, 0) is 17.4 Å². The Balaban J connectivity index is 1.25. The Labute approximate surface area is 222 Å². The van der Waals surface area contributed by atoms with Crippen molar-refractivity contribution in [1.29, 1.82) is 0 Å². The number of amides is 2. The fourth-order valence-corrected chi connectivity index (χ4v) is 6.14. The van der Waals surface area contributed by atoms with E-state index in [0.29, 0.717) is 39.1 Å². The molecule has 38 heavy (non-hydrogen) atoms. The van der Waals surface area contributed by atoms with Crippen molar-refractivity contribution >= 4 is 23.2 Å². The zero-order chi connectivity index (χ0) is 26.9. The van der Waals surface area contributed by atoms with Gasteiger partial charge in [0.15, 0.2) is 0 Å². The van der Waals surface area contributed by atoms with E-state index in [0.717, 1.165) is 29.7 Å². The van der Waals surface area contributed by atoms with Crippen LogP contribution >= 0.6 is 11.3 Å². The molecule has 3 aromatic rings. The van der Waals surface area contributed by atoms with Crippen LogP contribution < -0.4 is 0 Å². The molecule has 1 unspecified atom stereocenters. The van der Waals surface area contributed by atoms with E-state index in [1.54, 1.807) is 27.2 Å². The van der Waals surface area contributed by atoms with Crippen LogP contribution in [0.25, 0.3) is 0 Å². The number of rotatable bonds is 4.